The highest BCUT2D eigenvalue weighted by Gasteiger charge is 2.29. The van der Waals surface area contributed by atoms with E-state index in [1.54, 1.807) is 13.0 Å². The smallest absolute Gasteiger partial charge is 0.261 e. The second-order valence-corrected chi connectivity index (χ2v) is 7.68. The van der Waals surface area contributed by atoms with Crippen LogP contribution >= 0.6 is 10.7 Å². The molecule has 0 spiro atoms. The molecule has 2 rings (SSSR count). The lowest BCUT2D eigenvalue weighted by atomic mass is 10.1. The van der Waals surface area contributed by atoms with Crippen LogP contribution in [0.3, 0.4) is 0 Å². The molecule has 6 heteroatoms. The van der Waals surface area contributed by atoms with Crippen molar-refractivity contribution in [2.45, 2.75) is 44.0 Å². The van der Waals surface area contributed by atoms with Crippen LogP contribution in [0.5, 0.6) is 0 Å². The number of likely N-dealkylation sites (tertiary alicyclic amines) is 1. The molecule has 1 fully saturated rings. The zero-order valence-corrected chi connectivity index (χ0v) is 13.2. The summed E-state index contributed by atoms with van der Waals surface area (Å²) in [6.07, 6.45) is 2.92. The molecule has 110 valence electrons. The molecule has 1 aliphatic heterocycles. The molecule has 0 saturated carbocycles. The third kappa shape index (κ3) is 2.99. The predicted octanol–water partition coefficient (Wildman–Crippen LogP) is 2.94. The molecule has 0 radical (unpaired) electrons. The van der Waals surface area contributed by atoms with E-state index in [0.29, 0.717) is 5.56 Å². The number of carbonyl (C=O) groups is 1. The Morgan fingerprint density at radius 1 is 1.45 bits per heavy atom. The van der Waals surface area contributed by atoms with Crippen LogP contribution in [0.15, 0.2) is 23.1 Å². The van der Waals surface area contributed by atoms with E-state index in [4.69, 9.17) is 10.7 Å². The van der Waals surface area contributed by atoms with E-state index in [1.165, 1.54) is 12.1 Å². The second kappa shape index (κ2) is 5.74. The average molecular weight is 316 g/mol. The summed E-state index contributed by atoms with van der Waals surface area (Å²) < 4.78 is 22.8. The highest BCUT2D eigenvalue weighted by Crippen LogP contribution is 2.25. The van der Waals surface area contributed by atoms with Gasteiger partial charge in [-0.3, -0.25) is 4.79 Å². The lowest BCUT2D eigenvalue weighted by Gasteiger charge is -2.24. The van der Waals surface area contributed by atoms with Gasteiger partial charge in [0, 0.05) is 28.8 Å². The van der Waals surface area contributed by atoms with Crippen molar-refractivity contribution < 1.29 is 13.2 Å². The fourth-order valence-electron chi connectivity index (χ4n) is 2.67. The summed E-state index contributed by atoms with van der Waals surface area (Å²) in [6.45, 7) is 4.59. The maximum absolute atomic E-state index is 12.6. The summed E-state index contributed by atoms with van der Waals surface area (Å²) >= 11 is 0. The summed E-state index contributed by atoms with van der Waals surface area (Å²) in [5.74, 6) is -0.103. The Labute approximate surface area is 124 Å². The maximum Gasteiger partial charge on any atom is 0.261 e. The number of nitrogens with zero attached hydrogens (tertiary/aromatic N) is 1. The van der Waals surface area contributed by atoms with E-state index in [-0.39, 0.29) is 16.8 Å². The minimum absolute atomic E-state index is 0.0274. The number of hydrogen-bond donors (Lipinski definition) is 0. The van der Waals surface area contributed by atoms with Crippen LogP contribution in [0, 0.1) is 6.92 Å². The van der Waals surface area contributed by atoms with Crippen LogP contribution in [-0.4, -0.2) is 31.8 Å². The third-order valence-electron chi connectivity index (χ3n) is 3.83. The predicted molar refractivity (Wildman–Crippen MR) is 78.6 cm³/mol. The van der Waals surface area contributed by atoms with Crippen LogP contribution < -0.4 is 0 Å². The molecule has 1 atom stereocenters. The fourth-order valence-corrected chi connectivity index (χ4v) is 3.44. The molecule has 0 aliphatic carbocycles. The van der Waals surface area contributed by atoms with Crippen molar-refractivity contribution >= 4 is 25.6 Å². The third-order valence-corrected chi connectivity index (χ3v) is 5.18. The van der Waals surface area contributed by atoms with Gasteiger partial charge in [0.25, 0.3) is 15.0 Å². The fraction of sp³-hybridized carbons (Fsp3) is 0.500. The van der Waals surface area contributed by atoms with Gasteiger partial charge in [0.2, 0.25) is 0 Å². The number of aryl methyl sites for hydroxylation is 1. The molecule has 1 aromatic carbocycles. The van der Waals surface area contributed by atoms with Gasteiger partial charge in [-0.15, -0.1) is 0 Å². The first-order chi connectivity index (χ1) is 9.34. The Kier molecular flexibility index (Phi) is 4.39. The summed E-state index contributed by atoms with van der Waals surface area (Å²) in [5, 5.41) is 0. The Balaban J connectivity index is 2.39. The molecule has 0 bridgehead atoms. The summed E-state index contributed by atoms with van der Waals surface area (Å²) in [4.78, 5) is 14.4. The minimum Gasteiger partial charge on any atom is -0.336 e. The van der Waals surface area contributed by atoms with E-state index in [9.17, 15) is 13.2 Å². The van der Waals surface area contributed by atoms with Crippen LogP contribution in [-0.2, 0) is 9.05 Å². The number of benzene rings is 1. The van der Waals surface area contributed by atoms with Gasteiger partial charge in [-0.25, -0.2) is 8.42 Å². The van der Waals surface area contributed by atoms with Crippen molar-refractivity contribution in [3.8, 4) is 0 Å². The summed E-state index contributed by atoms with van der Waals surface area (Å²) in [5.41, 5.74) is 1.19. The van der Waals surface area contributed by atoms with Gasteiger partial charge in [0.05, 0.1) is 4.90 Å². The number of hydrogen-bond acceptors (Lipinski definition) is 3. The molecule has 1 unspecified atom stereocenters. The van der Waals surface area contributed by atoms with Crippen molar-refractivity contribution in [2.75, 3.05) is 6.54 Å². The number of rotatable bonds is 3. The first-order valence-corrected chi connectivity index (χ1v) is 9.01. The van der Waals surface area contributed by atoms with Gasteiger partial charge in [0.15, 0.2) is 0 Å². The van der Waals surface area contributed by atoms with Crippen molar-refractivity contribution in [3.05, 3.63) is 29.3 Å². The molecule has 1 saturated heterocycles. The van der Waals surface area contributed by atoms with Gasteiger partial charge in [0.1, 0.15) is 0 Å². The quantitative estimate of drug-likeness (QED) is 0.806. The largest absolute Gasteiger partial charge is 0.336 e. The van der Waals surface area contributed by atoms with E-state index >= 15 is 0 Å². The average Bonchev–Trinajstić information content (AvgIpc) is 2.85. The van der Waals surface area contributed by atoms with Crippen LogP contribution in [0.2, 0.25) is 0 Å². The Hall–Kier alpha value is -1.07. The monoisotopic (exact) mass is 315 g/mol. The second-order valence-electron chi connectivity index (χ2n) is 5.12. The molecule has 4 nitrogen and oxygen atoms in total. The maximum atomic E-state index is 12.6. The van der Waals surface area contributed by atoms with E-state index < -0.39 is 9.05 Å². The zero-order chi connectivity index (χ0) is 14.9. The van der Waals surface area contributed by atoms with Crippen molar-refractivity contribution in [1.29, 1.82) is 0 Å². The molecule has 0 N–H and O–H groups in total. The first kappa shape index (κ1) is 15.3. The summed E-state index contributed by atoms with van der Waals surface area (Å²) in [6, 6.07) is 4.68. The first-order valence-electron chi connectivity index (χ1n) is 6.71. The highest BCUT2D eigenvalue weighted by atomic mass is 35.7. The van der Waals surface area contributed by atoms with Crippen molar-refractivity contribution in [1.82, 2.24) is 4.90 Å². The van der Waals surface area contributed by atoms with Gasteiger partial charge >= 0.3 is 0 Å². The Morgan fingerprint density at radius 2 is 2.15 bits per heavy atom. The van der Waals surface area contributed by atoms with Crippen molar-refractivity contribution in [3.63, 3.8) is 0 Å². The highest BCUT2D eigenvalue weighted by molar-refractivity contribution is 8.13. The number of carbonyl (C=O) groups excluding carboxylic acids is 1. The van der Waals surface area contributed by atoms with Gasteiger partial charge in [-0.1, -0.05) is 13.0 Å². The standard InChI is InChI=1S/C14H18ClNO3S/c1-3-11-5-4-8-16(11)14(17)13-9-12(20(15,18)19)7-6-10(13)2/h6-7,9,11H,3-5,8H2,1-2H3. The Morgan fingerprint density at radius 3 is 2.75 bits per heavy atom. The minimum atomic E-state index is -3.82. The van der Waals surface area contributed by atoms with Crippen LogP contribution in [0.1, 0.15) is 42.1 Å². The summed E-state index contributed by atoms with van der Waals surface area (Å²) in [7, 11) is 1.53. The molecular weight excluding hydrogens is 298 g/mol. The molecular formula is C14H18ClNO3S. The number of halogens is 1. The van der Waals surface area contributed by atoms with E-state index in [0.717, 1.165) is 31.4 Å². The number of amides is 1. The SMILES string of the molecule is CCC1CCCN1C(=O)c1cc(S(=O)(=O)Cl)ccc1C. The van der Waals surface area contributed by atoms with Gasteiger partial charge in [-0.2, -0.15) is 0 Å². The molecule has 1 aromatic rings. The van der Waals surface area contributed by atoms with E-state index in [1.807, 2.05) is 4.90 Å². The van der Waals surface area contributed by atoms with Crippen LogP contribution in [0.4, 0.5) is 0 Å². The Bertz CT molecular complexity index is 627. The van der Waals surface area contributed by atoms with Crippen LogP contribution in [0.25, 0.3) is 0 Å². The normalized spacial score (nSPS) is 19.4. The zero-order valence-electron chi connectivity index (χ0n) is 11.6. The topological polar surface area (TPSA) is 54.5 Å². The van der Waals surface area contributed by atoms with Crippen molar-refractivity contribution in [2.24, 2.45) is 0 Å². The van der Waals surface area contributed by atoms with E-state index in [2.05, 4.69) is 6.92 Å². The molecule has 1 aliphatic rings. The molecule has 20 heavy (non-hydrogen) atoms. The molecule has 0 aromatic heterocycles. The van der Waals surface area contributed by atoms with Gasteiger partial charge < -0.3 is 4.90 Å². The lowest BCUT2D eigenvalue weighted by Crippen LogP contribution is -2.35. The molecule has 1 amide bonds. The van der Waals surface area contributed by atoms with Gasteiger partial charge in [-0.05, 0) is 43.9 Å². The lowest BCUT2D eigenvalue weighted by molar-refractivity contribution is 0.0732. The molecule has 1 heterocycles.